The number of carbonyl (C=O) groups is 1. The Morgan fingerprint density at radius 3 is 2.55 bits per heavy atom. The predicted octanol–water partition coefficient (Wildman–Crippen LogP) is 3.75. The summed E-state index contributed by atoms with van der Waals surface area (Å²) < 4.78 is 0. The van der Waals surface area contributed by atoms with Crippen LogP contribution < -0.4 is 5.56 Å². The minimum absolute atomic E-state index is 0.107. The molecular formula is C23H22N4O2. The van der Waals surface area contributed by atoms with Crippen LogP contribution in [0.3, 0.4) is 0 Å². The molecule has 6 nitrogen and oxygen atoms in total. The molecule has 0 atom stereocenters. The third kappa shape index (κ3) is 3.61. The average Bonchev–Trinajstić information content (AvgIpc) is 2.71. The Bertz CT molecular complexity index is 1290. The molecule has 29 heavy (non-hydrogen) atoms. The number of fused-ring (bicyclic) bond motifs is 2. The molecule has 6 heteroatoms. The van der Waals surface area contributed by atoms with Crippen molar-refractivity contribution in [3.8, 4) is 0 Å². The molecule has 0 fully saturated rings. The molecule has 2 heterocycles. The van der Waals surface area contributed by atoms with Crippen molar-refractivity contribution in [2.75, 3.05) is 6.54 Å². The predicted molar refractivity (Wildman–Crippen MR) is 114 cm³/mol. The van der Waals surface area contributed by atoms with E-state index >= 15 is 0 Å². The molecule has 1 N–H and O–H groups in total. The first-order valence-corrected chi connectivity index (χ1v) is 9.61. The smallest absolute Gasteiger partial charge is 0.258 e. The second-order valence-corrected chi connectivity index (χ2v) is 7.18. The Labute approximate surface area is 168 Å². The van der Waals surface area contributed by atoms with Gasteiger partial charge in [0, 0.05) is 17.6 Å². The highest BCUT2D eigenvalue weighted by Crippen LogP contribution is 2.22. The first kappa shape index (κ1) is 18.8. The summed E-state index contributed by atoms with van der Waals surface area (Å²) >= 11 is 0. The number of nitrogens with zero attached hydrogens (tertiary/aromatic N) is 3. The van der Waals surface area contributed by atoms with Crippen LogP contribution in [0.15, 0.2) is 53.3 Å². The zero-order valence-electron chi connectivity index (χ0n) is 16.7. The lowest BCUT2D eigenvalue weighted by Gasteiger charge is -2.21. The normalized spacial score (nSPS) is 11.1. The van der Waals surface area contributed by atoms with Gasteiger partial charge in [-0.15, -0.1) is 0 Å². The molecule has 2 aromatic carbocycles. The van der Waals surface area contributed by atoms with Crippen LogP contribution in [0.4, 0.5) is 0 Å². The molecule has 0 saturated carbocycles. The van der Waals surface area contributed by atoms with Crippen molar-refractivity contribution in [3.05, 3.63) is 81.5 Å². The van der Waals surface area contributed by atoms with E-state index in [1.807, 2.05) is 51.1 Å². The van der Waals surface area contributed by atoms with E-state index in [0.717, 1.165) is 22.2 Å². The number of H-pyrrole nitrogens is 1. The van der Waals surface area contributed by atoms with E-state index in [1.165, 1.54) is 0 Å². The van der Waals surface area contributed by atoms with E-state index < -0.39 is 0 Å². The molecule has 4 aromatic rings. The van der Waals surface area contributed by atoms with Crippen LogP contribution in [0.1, 0.15) is 34.4 Å². The van der Waals surface area contributed by atoms with Crippen molar-refractivity contribution in [1.29, 1.82) is 0 Å². The van der Waals surface area contributed by atoms with Crippen LogP contribution in [0.5, 0.6) is 0 Å². The second kappa shape index (κ2) is 7.47. The molecule has 0 saturated heterocycles. The minimum atomic E-state index is -0.199. The van der Waals surface area contributed by atoms with Crippen molar-refractivity contribution < 1.29 is 4.79 Å². The van der Waals surface area contributed by atoms with E-state index in [9.17, 15) is 9.59 Å². The Kier molecular flexibility index (Phi) is 4.84. The standard InChI is InChI=1S/C23H22N4O2/c1-4-27(13-21-25-19-8-6-5-7-16(19)22(28)26-21)23(29)18-12-15(3)24-20-10-9-14(2)11-17(18)20/h5-12H,4,13H2,1-3H3,(H,25,26,28). The Morgan fingerprint density at radius 2 is 1.76 bits per heavy atom. The molecular weight excluding hydrogens is 364 g/mol. The summed E-state index contributed by atoms with van der Waals surface area (Å²) in [7, 11) is 0. The van der Waals surface area contributed by atoms with Crippen LogP contribution in [-0.2, 0) is 6.54 Å². The van der Waals surface area contributed by atoms with Crippen molar-refractivity contribution in [3.63, 3.8) is 0 Å². The quantitative estimate of drug-likeness (QED) is 0.579. The van der Waals surface area contributed by atoms with E-state index in [0.29, 0.717) is 28.8 Å². The zero-order valence-corrected chi connectivity index (χ0v) is 16.7. The second-order valence-electron chi connectivity index (χ2n) is 7.18. The van der Waals surface area contributed by atoms with Gasteiger partial charge >= 0.3 is 0 Å². The first-order valence-electron chi connectivity index (χ1n) is 9.61. The van der Waals surface area contributed by atoms with Gasteiger partial charge in [0.2, 0.25) is 0 Å². The van der Waals surface area contributed by atoms with Gasteiger partial charge < -0.3 is 9.88 Å². The maximum atomic E-state index is 13.4. The van der Waals surface area contributed by atoms with Crippen molar-refractivity contribution in [2.24, 2.45) is 0 Å². The fraction of sp³-hybridized carbons (Fsp3) is 0.217. The minimum Gasteiger partial charge on any atom is -0.331 e. The first-order chi connectivity index (χ1) is 14.0. The largest absolute Gasteiger partial charge is 0.331 e. The molecule has 146 valence electrons. The summed E-state index contributed by atoms with van der Waals surface area (Å²) in [6, 6.07) is 14.9. The van der Waals surface area contributed by atoms with Gasteiger partial charge in [0.25, 0.3) is 11.5 Å². The summed E-state index contributed by atoms with van der Waals surface area (Å²) in [5, 5.41) is 1.37. The van der Waals surface area contributed by atoms with Crippen LogP contribution in [0.25, 0.3) is 21.8 Å². The summed E-state index contributed by atoms with van der Waals surface area (Å²) in [5.74, 6) is 0.361. The number of aromatic nitrogens is 3. The van der Waals surface area contributed by atoms with E-state index in [2.05, 4.69) is 15.0 Å². The zero-order chi connectivity index (χ0) is 20.5. The Morgan fingerprint density at radius 1 is 1.00 bits per heavy atom. The molecule has 0 unspecified atom stereocenters. The Balaban J connectivity index is 1.74. The van der Waals surface area contributed by atoms with Gasteiger partial charge in [0.15, 0.2) is 0 Å². The molecule has 0 aliphatic heterocycles. The van der Waals surface area contributed by atoms with E-state index in [1.54, 1.807) is 23.1 Å². The van der Waals surface area contributed by atoms with Crippen LogP contribution in [-0.4, -0.2) is 32.3 Å². The van der Waals surface area contributed by atoms with E-state index in [4.69, 9.17) is 0 Å². The highest BCUT2D eigenvalue weighted by molar-refractivity contribution is 6.06. The van der Waals surface area contributed by atoms with Crippen molar-refractivity contribution in [2.45, 2.75) is 27.3 Å². The van der Waals surface area contributed by atoms with Gasteiger partial charge in [0.05, 0.1) is 28.5 Å². The average molecular weight is 386 g/mol. The van der Waals surface area contributed by atoms with Crippen molar-refractivity contribution >= 4 is 27.7 Å². The third-order valence-corrected chi connectivity index (χ3v) is 4.99. The molecule has 4 rings (SSSR count). The van der Waals surface area contributed by atoms with Gasteiger partial charge in [-0.2, -0.15) is 0 Å². The Hall–Kier alpha value is -3.54. The summed E-state index contributed by atoms with van der Waals surface area (Å²) in [4.78, 5) is 39.3. The third-order valence-electron chi connectivity index (χ3n) is 4.99. The number of aryl methyl sites for hydroxylation is 2. The molecule has 0 radical (unpaired) electrons. The number of pyridine rings is 1. The lowest BCUT2D eigenvalue weighted by Crippen LogP contribution is -2.32. The van der Waals surface area contributed by atoms with Gasteiger partial charge in [0.1, 0.15) is 5.82 Å². The molecule has 0 aliphatic rings. The maximum absolute atomic E-state index is 13.4. The number of amides is 1. The maximum Gasteiger partial charge on any atom is 0.258 e. The molecule has 0 spiro atoms. The van der Waals surface area contributed by atoms with E-state index in [-0.39, 0.29) is 18.0 Å². The summed E-state index contributed by atoms with van der Waals surface area (Å²) in [6.45, 7) is 6.51. The highest BCUT2D eigenvalue weighted by atomic mass is 16.2. The van der Waals surface area contributed by atoms with Gasteiger partial charge in [-0.3, -0.25) is 14.6 Å². The van der Waals surface area contributed by atoms with Crippen LogP contribution in [0, 0.1) is 13.8 Å². The number of rotatable bonds is 4. The molecule has 1 amide bonds. The molecule has 0 bridgehead atoms. The number of aromatic amines is 1. The monoisotopic (exact) mass is 386 g/mol. The van der Waals surface area contributed by atoms with Gasteiger partial charge in [-0.05, 0) is 51.1 Å². The number of hydrogen-bond donors (Lipinski definition) is 1. The number of nitrogens with one attached hydrogen (secondary N) is 1. The van der Waals surface area contributed by atoms with Crippen LogP contribution >= 0.6 is 0 Å². The highest BCUT2D eigenvalue weighted by Gasteiger charge is 2.19. The summed E-state index contributed by atoms with van der Waals surface area (Å²) in [6.07, 6.45) is 0. The lowest BCUT2D eigenvalue weighted by atomic mass is 10.0. The fourth-order valence-corrected chi connectivity index (χ4v) is 3.54. The molecule has 0 aliphatic carbocycles. The number of carbonyl (C=O) groups excluding carboxylic acids is 1. The number of benzene rings is 2. The number of hydrogen-bond acceptors (Lipinski definition) is 4. The summed E-state index contributed by atoms with van der Waals surface area (Å²) in [5.41, 5.74) is 3.69. The molecule has 2 aromatic heterocycles. The number of para-hydroxylation sites is 1. The van der Waals surface area contributed by atoms with Crippen LogP contribution in [0.2, 0.25) is 0 Å². The SMILES string of the molecule is CCN(Cc1nc2ccccc2c(=O)[nH]1)C(=O)c1cc(C)nc2ccc(C)cc12. The van der Waals surface area contributed by atoms with Crippen molar-refractivity contribution in [1.82, 2.24) is 19.9 Å². The lowest BCUT2D eigenvalue weighted by molar-refractivity contribution is 0.0750. The fourth-order valence-electron chi connectivity index (χ4n) is 3.54. The topological polar surface area (TPSA) is 79.0 Å². The van der Waals surface area contributed by atoms with Gasteiger partial charge in [-0.25, -0.2) is 4.98 Å². The van der Waals surface area contributed by atoms with Gasteiger partial charge in [-0.1, -0.05) is 23.8 Å².